The number of aryl methyl sites for hydroxylation is 1. The molecule has 0 aliphatic heterocycles. The van der Waals surface area contributed by atoms with Crippen molar-refractivity contribution in [2.45, 2.75) is 6.92 Å². The lowest BCUT2D eigenvalue weighted by molar-refractivity contribution is 0.0734. The molecule has 0 atom stereocenters. The highest BCUT2D eigenvalue weighted by atomic mass is 16.5. The summed E-state index contributed by atoms with van der Waals surface area (Å²) < 4.78 is 21.7. The van der Waals surface area contributed by atoms with Crippen LogP contribution in [0, 0.1) is 6.92 Å². The molecule has 0 unspecified atom stereocenters. The van der Waals surface area contributed by atoms with E-state index in [2.05, 4.69) is 10.5 Å². The van der Waals surface area contributed by atoms with E-state index in [0.717, 1.165) is 16.3 Å². The smallest absolute Gasteiger partial charge is 0.343 e. The van der Waals surface area contributed by atoms with Gasteiger partial charge in [0.05, 0.1) is 33.1 Å². The summed E-state index contributed by atoms with van der Waals surface area (Å²) in [7, 11) is 4.42. The molecule has 0 spiro atoms. The molecule has 0 aliphatic carbocycles. The molecule has 188 valence electrons. The van der Waals surface area contributed by atoms with Crippen LogP contribution in [0.25, 0.3) is 10.8 Å². The first-order chi connectivity index (χ1) is 17.9. The number of hydrazone groups is 1. The second kappa shape index (κ2) is 11.3. The third-order valence-electron chi connectivity index (χ3n) is 5.67. The topological polar surface area (TPSA) is 95.5 Å². The first-order valence-corrected chi connectivity index (χ1v) is 11.4. The third-order valence-corrected chi connectivity index (χ3v) is 5.67. The number of carbonyl (C=O) groups is 2. The van der Waals surface area contributed by atoms with Gasteiger partial charge in [-0.2, -0.15) is 5.10 Å². The second-order valence-electron chi connectivity index (χ2n) is 8.07. The van der Waals surface area contributed by atoms with Crippen LogP contribution >= 0.6 is 0 Å². The molecule has 37 heavy (non-hydrogen) atoms. The van der Waals surface area contributed by atoms with Gasteiger partial charge in [-0.05, 0) is 48.0 Å². The average molecular weight is 499 g/mol. The number of nitrogens with zero attached hydrogens (tertiary/aromatic N) is 1. The van der Waals surface area contributed by atoms with Gasteiger partial charge in [-0.3, -0.25) is 4.79 Å². The number of nitrogens with one attached hydrogen (secondary N) is 1. The number of esters is 1. The SMILES string of the molecule is COc1cc(C(=O)N/N=C\c2c(OC(=O)c3cccc(C)c3)ccc3ccccc23)cc(OC)c1OC. The van der Waals surface area contributed by atoms with Gasteiger partial charge >= 0.3 is 5.97 Å². The van der Waals surface area contributed by atoms with Crippen LogP contribution in [0.15, 0.2) is 77.9 Å². The Hall–Kier alpha value is -4.85. The van der Waals surface area contributed by atoms with Gasteiger partial charge in [0.15, 0.2) is 11.5 Å². The summed E-state index contributed by atoms with van der Waals surface area (Å²) in [6, 6.07) is 21.4. The van der Waals surface area contributed by atoms with Gasteiger partial charge in [-0.25, -0.2) is 10.2 Å². The van der Waals surface area contributed by atoms with E-state index in [-0.39, 0.29) is 5.56 Å². The molecule has 8 heteroatoms. The molecular weight excluding hydrogens is 472 g/mol. The van der Waals surface area contributed by atoms with Crippen LogP contribution < -0.4 is 24.4 Å². The molecule has 8 nitrogen and oxygen atoms in total. The number of carbonyl (C=O) groups excluding carboxylic acids is 2. The van der Waals surface area contributed by atoms with Crippen molar-refractivity contribution in [3.63, 3.8) is 0 Å². The van der Waals surface area contributed by atoms with E-state index < -0.39 is 11.9 Å². The zero-order valence-electron chi connectivity index (χ0n) is 20.9. The summed E-state index contributed by atoms with van der Waals surface area (Å²) in [5, 5.41) is 5.88. The third kappa shape index (κ3) is 5.54. The molecule has 0 aromatic heterocycles. The minimum absolute atomic E-state index is 0.260. The maximum absolute atomic E-state index is 12.9. The summed E-state index contributed by atoms with van der Waals surface area (Å²) >= 11 is 0. The van der Waals surface area contributed by atoms with Gasteiger partial charge in [-0.1, -0.05) is 48.0 Å². The maximum Gasteiger partial charge on any atom is 0.343 e. The minimum atomic E-state index is -0.492. The van der Waals surface area contributed by atoms with E-state index in [0.29, 0.717) is 34.1 Å². The molecule has 0 radical (unpaired) electrons. The van der Waals surface area contributed by atoms with Gasteiger partial charge in [0.2, 0.25) is 5.75 Å². The molecule has 0 heterocycles. The Morgan fingerprint density at radius 3 is 2.19 bits per heavy atom. The predicted octanol–water partition coefficient (Wildman–Crippen LogP) is 5.16. The molecule has 1 N–H and O–H groups in total. The number of ether oxygens (including phenoxy) is 4. The van der Waals surface area contributed by atoms with Crippen LogP contribution in [0.5, 0.6) is 23.0 Å². The van der Waals surface area contributed by atoms with Crippen molar-refractivity contribution in [3.05, 3.63) is 95.1 Å². The van der Waals surface area contributed by atoms with Gasteiger partial charge in [-0.15, -0.1) is 0 Å². The molecule has 4 aromatic rings. The number of amides is 1. The zero-order valence-corrected chi connectivity index (χ0v) is 20.9. The minimum Gasteiger partial charge on any atom is -0.493 e. The van der Waals surface area contributed by atoms with Gasteiger partial charge in [0, 0.05) is 11.1 Å². The molecule has 0 saturated carbocycles. The Bertz CT molecular complexity index is 1470. The van der Waals surface area contributed by atoms with E-state index in [4.69, 9.17) is 18.9 Å². The van der Waals surface area contributed by atoms with E-state index >= 15 is 0 Å². The van der Waals surface area contributed by atoms with Gasteiger partial charge in [0.25, 0.3) is 5.91 Å². The molecule has 4 aromatic carbocycles. The first kappa shape index (κ1) is 25.2. The molecule has 0 saturated heterocycles. The summed E-state index contributed by atoms with van der Waals surface area (Å²) in [4.78, 5) is 25.7. The quantitative estimate of drug-likeness (QED) is 0.156. The van der Waals surface area contributed by atoms with Crippen LogP contribution in [0.4, 0.5) is 0 Å². The zero-order chi connectivity index (χ0) is 26.4. The van der Waals surface area contributed by atoms with Crippen molar-refractivity contribution < 1.29 is 28.5 Å². The van der Waals surface area contributed by atoms with Crippen molar-refractivity contribution in [2.24, 2.45) is 5.10 Å². The number of benzene rings is 4. The Balaban J connectivity index is 1.63. The highest BCUT2D eigenvalue weighted by Crippen LogP contribution is 2.38. The van der Waals surface area contributed by atoms with Crippen LogP contribution in [0.1, 0.15) is 31.8 Å². The fourth-order valence-electron chi connectivity index (χ4n) is 3.86. The Labute approximate surface area is 214 Å². The van der Waals surface area contributed by atoms with E-state index in [9.17, 15) is 9.59 Å². The van der Waals surface area contributed by atoms with Crippen LogP contribution in [0.3, 0.4) is 0 Å². The molecule has 0 fully saturated rings. The van der Waals surface area contributed by atoms with Crippen molar-refractivity contribution in [3.8, 4) is 23.0 Å². The van der Waals surface area contributed by atoms with Crippen molar-refractivity contribution in [1.82, 2.24) is 5.43 Å². The Kier molecular flexibility index (Phi) is 7.68. The van der Waals surface area contributed by atoms with Crippen LogP contribution in [0.2, 0.25) is 0 Å². The molecule has 1 amide bonds. The highest BCUT2D eigenvalue weighted by Gasteiger charge is 2.17. The number of rotatable bonds is 8. The molecular formula is C29H26N2O6. The van der Waals surface area contributed by atoms with Crippen molar-refractivity contribution in [2.75, 3.05) is 21.3 Å². The maximum atomic E-state index is 12.9. The lowest BCUT2D eigenvalue weighted by atomic mass is 10.0. The van der Waals surface area contributed by atoms with Crippen LogP contribution in [-0.4, -0.2) is 39.4 Å². The summed E-state index contributed by atoms with van der Waals surface area (Å²) in [6.45, 7) is 1.90. The molecule has 0 bridgehead atoms. The first-order valence-electron chi connectivity index (χ1n) is 11.4. The number of hydrogen-bond donors (Lipinski definition) is 1. The molecule has 4 rings (SSSR count). The Morgan fingerprint density at radius 1 is 0.784 bits per heavy atom. The average Bonchev–Trinajstić information content (AvgIpc) is 2.92. The monoisotopic (exact) mass is 498 g/mol. The van der Waals surface area contributed by atoms with E-state index in [1.807, 2.05) is 43.3 Å². The van der Waals surface area contributed by atoms with Crippen molar-refractivity contribution >= 4 is 28.9 Å². The fourth-order valence-corrected chi connectivity index (χ4v) is 3.86. The number of methoxy groups -OCH3 is 3. The second-order valence-corrected chi connectivity index (χ2v) is 8.07. The molecule has 0 aliphatic rings. The summed E-state index contributed by atoms with van der Waals surface area (Å²) in [6.07, 6.45) is 1.46. The standard InChI is InChI=1S/C29H26N2O6/c1-18-8-7-10-20(14-18)29(33)37-24-13-12-19-9-5-6-11-22(19)23(24)17-30-31-28(32)21-15-25(34-2)27(36-4)26(16-21)35-3/h5-17H,1-4H3,(H,31,32)/b30-17-. The lowest BCUT2D eigenvalue weighted by Gasteiger charge is -2.13. The van der Waals surface area contributed by atoms with Gasteiger partial charge in [0.1, 0.15) is 5.75 Å². The number of fused-ring (bicyclic) bond motifs is 1. The summed E-state index contributed by atoms with van der Waals surface area (Å²) in [5.74, 6) is 0.395. The van der Waals surface area contributed by atoms with E-state index in [1.165, 1.54) is 39.7 Å². The number of hydrogen-bond acceptors (Lipinski definition) is 7. The fraction of sp³-hybridized carbons (Fsp3) is 0.138. The van der Waals surface area contributed by atoms with Gasteiger partial charge < -0.3 is 18.9 Å². The van der Waals surface area contributed by atoms with Crippen LogP contribution in [-0.2, 0) is 0 Å². The largest absolute Gasteiger partial charge is 0.493 e. The Morgan fingerprint density at radius 2 is 1.51 bits per heavy atom. The van der Waals surface area contributed by atoms with E-state index in [1.54, 1.807) is 24.3 Å². The highest BCUT2D eigenvalue weighted by molar-refractivity contribution is 6.04. The predicted molar refractivity (Wildman–Crippen MR) is 141 cm³/mol. The summed E-state index contributed by atoms with van der Waals surface area (Å²) in [5.41, 5.74) is 4.70. The lowest BCUT2D eigenvalue weighted by Crippen LogP contribution is -2.18. The normalized spacial score (nSPS) is 10.8. The van der Waals surface area contributed by atoms with Crippen molar-refractivity contribution in [1.29, 1.82) is 0 Å².